The first-order valence-corrected chi connectivity index (χ1v) is 7.67. The Morgan fingerprint density at radius 3 is 2.57 bits per heavy atom. The summed E-state index contributed by atoms with van der Waals surface area (Å²) in [6, 6.07) is 9.82. The smallest absolute Gasteiger partial charge is 0.227 e. The summed E-state index contributed by atoms with van der Waals surface area (Å²) >= 11 is 5.90. The normalized spacial score (nSPS) is 14.5. The molecule has 1 N–H and O–H groups in total. The van der Waals surface area contributed by atoms with Crippen molar-refractivity contribution >= 4 is 23.4 Å². The number of aryl methyl sites for hydroxylation is 1. The molecule has 0 atom stereocenters. The fourth-order valence-corrected chi connectivity index (χ4v) is 2.62. The second-order valence-corrected chi connectivity index (χ2v) is 5.81. The van der Waals surface area contributed by atoms with Crippen LogP contribution in [0.15, 0.2) is 30.3 Å². The Labute approximate surface area is 130 Å². The Bertz CT molecular complexity index is 606. The summed E-state index contributed by atoms with van der Waals surface area (Å²) < 4.78 is 0. The first kappa shape index (κ1) is 14.1. The molecule has 0 radical (unpaired) electrons. The van der Waals surface area contributed by atoms with Gasteiger partial charge in [-0.2, -0.15) is 4.98 Å². The van der Waals surface area contributed by atoms with Crippen LogP contribution in [0, 0.1) is 6.92 Å². The first-order valence-electron chi connectivity index (χ1n) is 7.30. The summed E-state index contributed by atoms with van der Waals surface area (Å²) in [7, 11) is 0. The van der Waals surface area contributed by atoms with Gasteiger partial charge in [-0.3, -0.25) is 0 Å². The van der Waals surface area contributed by atoms with Gasteiger partial charge >= 0.3 is 0 Å². The summed E-state index contributed by atoms with van der Waals surface area (Å²) in [6.45, 7) is 4.85. The lowest BCUT2D eigenvalue weighted by Crippen LogP contribution is -2.21. The molecule has 2 aromatic rings. The third-order valence-electron chi connectivity index (χ3n) is 3.62. The third-order valence-corrected chi connectivity index (χ3v) is 3.87. The van der Waals surface area contributed by atoms with Crippen molar-refractivity contribution in [2.45, 2.75) is 26.3 Å². The van der Waals surface area contributed by atoms with Gasteiger partial charge in [0.2, 0.25) is 5.95 Å². The highest BCUT2D eigenvalue weighted by molar-refractivity contribution is 6.30. The molecule has 1 aromatic carbocycles. The topological polar surface area (TPSA) is 41.1 Å². The van der Waals surface area contributed by atoms with E-state index >= 15 is 0 Å². The largest absolute Gasteiger partial charge is 0.366 e. The molecule has 0 aliphatic carbocycles. The average Bonchev–Trinajstić information content (AvgIpc) is 3.00. The number of anilines is 2. The molecule has 21 heavy (non-hydrogen) atoms. The zero-order chi connectivity index (χ0) is 14.7. The molecule has 1 aliphatic heterocycles. The number of aromatic nitrogens is 2. The van der Waals surface area contributed by atoms with E-state index in [4.69, 9.17) is 11.6 Å². The number of nitrogens with one attached hydrogen (secondary N) is 1. The lowest BCUT2D eigenvalue weighted by molar-refractivity contribution is 0.887. The lowest BCUT2D eigenvalue weighted by atomic mass is 10.2. The summed E-state index contributed by atoms with van der Waals surface area (Å²) in [5.74, 6) is 1.71. The van der Waals surface area contributed by atoms with E-state index in [9.17, 15) is 0 Å². The molecule has 0 saturated carbocycles. The minimum absolute atomic E-state index is 0.729. The van der Waals surface area contributed by atoms with Crippen molar-refractivity contribution in [1.82, 2.24) is 9.97 Å². The van der Waals surface area contributed by atoms with Crippen molar-refractivity contribution in [1.29, 1.82) is 0 Å². The minimum Gasteiger partial charge on any atom is -0.366 e. The Balaban J connectivity index is 1.71. The Kier molecular flexibility index (Phi) is 4.25. The molecule has 1 aromatic heterocycles. The quantitative estimate of drug-likeness (QED) is 0.936. The van der Waals surface area contributed by atoms with Crippen LogP contribution >= 0.6 is 11.6 Å². The summed E-state index contributed by atoms with van der Waals surface area (Å²) in [6.07, 6.45) is 2.45. The molecule has 1 fully saturated rings. The van der Waals surface area contributed by atoms with Gasteiger partial charge in [-0.1, -0.05) is 23.7 Å². The van der Waals surface area contributed by atoms with Crippen LogP contribution in [-0.4, -0.2) is 23.1 Å². The molecule has 1 aliphatic rings. The fourth-order valence-electron chi connectivity index (χ4n) is 2.50. The zero-order valence-corrected chi connectivity index (χ0v) is 12.9. The molecule has 1 saturated heterocycles. The lowest BCUT2D eigenvalue weighted by Gasteiger charge is -2.17. The molecule has 3 rings (SSSR count). The van der Waals surface area contributed by atoms with Gasteiger partial charge in [-0.25, -0.2) is 4.98 Å². The van der Waals surface area contributed by atoms with E-state index < -0.39 is 0 Å². The Morgan fingerprint density at radius 2 is 1.86 bits per heavy atom. The zero-order valence-electron chi connectivity index (χ0n) is 12.1. The summed E-state index contributed by atoms with van der Waals surface area (Å²) in [5, 5.41) is 4.12. The monoisotopic (exact) mass is 302 g/mol. The number of rotatable bonds is 4. The number of benzene rings is 1. The van der Waals surface area contributed by atoms with Gasteiger partial charge < -0.3 is 10.2 Å². The molecule has 0 bridgehead atoms. The van der Waals surface area contributed by atoms with Crippen LogP contribution in [-0.2, 0) is 6.54 Å². The van der Waals surface area contributed by atoms with E-state index in [1.54, 1.807) is 0 Å². The van der Waals surface area contributed by atoms with Gasteiger partial charge in [0.05, 0.1) is 0 Å². The van der Waals surface area contributed by atoms with Crippen molar-refractivity contribution in [3.8, 4) is 0 Å². The van der Waals surface area contributed by atoms with E-state index in [1.165, 1.54) is 18.4 Å². The minimum atomic E-state index is 0.729. The van der Waals surface area contributed by atoms with Crippen LogP contribution < -0.4 is 10.2 Å². The summed E-state index contributed by atoms with van der Waals surface area (Å²) in [5.41, 5.74) is 2.17. The highest BCUT2D eigenvalue weighted by atomic mass is 35.5. The van der Waals surface area contributed by atoms with Crippen molar-refractivity contribution in [2.24, 2.45) is 0 Å². The van der Waals surface area contributed by atoms with Crippen molar-refractivity contribution in [2.75, 3.05) is 23.3 Å². The van der Waals surface area contributed by atoms with Gasteiger partial charge in [-0.05, 0) is 37.5 Å². The number of nitrogens with zero attached hydrogens (tertiary/aromatic N) is 3. The van der Waals surface area contributed by atoms with Crippen LogP contribution in [0.25, 0.3) is 0 Å². The van der Waals surface area contributed by atoms with Crippen molar-refractivity contribution < 1.29 is 0 Å². The van der Waals surface area contributed by atoms with Crippen LogP contribution in [0.4, 0.5) is 11.8 Å². The highest BCUT2D eigenvalue weighted by Gasteiger charge is 2.15. The van der Waals surface area contributed by atoms with Gasteiger partial charge in [-0.15, -0.1) is 0 Å². The van der Waals surface area contributed by atoms with E-state index in [-0.39, 0.29) is 0 Å². The van der Waals surface area contributed by atoms with Crippen molar-refractivity contribution in [3.05, 3.63) is 46.6 Å². The van der Waals surface area contributed by atoms with E-state index in [1.807, 2.05) is 37.3 Å². The molecule has 0 unspecified atom stereocenters. The molecule has 4 nitrogen and oxygen atoms in total. The number of halogens is 1. The second-order valence-electron chi connectivity index (χ2n) is 5.37. The molecule has 0 amide bonds. The molecule has 5 heteroatoms. The Morgan fingerprint density at radius 1 is 1.14 bits per heavy atom. The molecular formula is C16H19ClN4. The maximum Gasteiger partial charge on any atom is 0.227 e. The van der Waals surface area contributed by atoms with Crippen molar-refractivity contribution in [3.63, 3.8) is 0 Å². The number of hydrogen-bond donors (Lipinski definition) is 1. The van der Waals surface area contributed by atoms with Gasteiger partial charge in [0.1, 0.15) is 5.82 Å². The predicted molar refractivity (Wildman–Crippen MR) is 87.0 cm³/mol. The molecule has 110 valence electrons. The third kappa shape index (κ3) is 3.64. The summed E-state index contributed by atoms with van der Waals surface area (Å²) in [4.78, 5) is 11.4. The predicted octanol–water partition coefficient (Wildman–Crippen LogP) is 3.65. The maximum atomic E-state index is 5.90. The average molecular weight is 303 g/mol. The Hall–Kier alpha value is -1.81. The SMILES string of the molecule is Cc1cc(NCc2ccc(Cl)cc2)nc(N2CCCC2)n1. The van der Waals surface area contributed by atoms with Crippen LogP contribution in [0.2, 0.25) is 5.02 Å². The van der Waals surface area contributed by atoms with Gasteiger partial charge in [0, 0.05) is 36.4 Å². The van der Waals surface area contributed by atoms with Crippen LogP contribution in [0.5, 0.6) is 0 Å². The maximum absolute atomic E-state index is 5.90. The van der Waals surface area contributed by atoms with Gasteiger partial charge in [0.15, 0.2) is 0 Å². The van der Waals surface area contributed by atoms with Crippen LogP contribution in [0.1, 0.15) is 24.1 Å². The second kappa shape index (κ2) is 6.31. The molecular weight excluding hydrogens is 284 g/mol. The first-order chi connectivity index (χ1) is 10.2. The van der Waals surface area contributed by atoms with E-state index in [0.29, 0.717) is 0 Å². The van der Waals surface area contributed by atoms with E-state index in [2.05, 4.69) is 20.2 Å². The van der Waals surface area contributed by atoms with E-state index in [0.717, 1.165) is 42.1 Å². The highest BCUT2D eigenvalue weighted by Crippen LogP contribution is 2.19. The molecule has 2 heterocycles. The van der Waals surface area contributed by atoms with Gasteiger partial charge in [0.25, 0.3) is 0 Å². The fraction of sp³-hybridized carbons (Fsp3) is 0.375. The number of hydrogen-bond acceptors (Lipinski definition) is 4. The molecule has 0 spiro atoms. The van der Waals surface area contributed by atoms with Crippen LogP contribution in [0.3, 0.4) is 0 Å². The standard InChI is InChI=1S/C16H19ClN4/c1-12-10-15(18-11-13-4-6-14(17)7-5-13)20-16(19-12)21-8-2-3-9-21/h4-7,10H,2-3,8-9,11H2,1H3,(H,18,19,20).